The number of rotatable bonds is 6. The Morgan fingerprint density at radius 3 is 2.72 bits per heavy atom. The third-order valence-corrected chi connectivity index (χ3v) is 5.63. The van der Waals surface area contributed by atoms with Crippen molar-refractivity contribution in [1.82, 2.24) is 34.8 Å². The van der Waals surface area contributed by atoms with Crippen molar-refractivity contribution in [2.24, 2.45) is 7.05 Å². The first-order chi connectivity index (χ1) is 15.4. The molecule has 1 aromatic carbocycles. The summed E-state index contributed by atoms with van der Waals surface area (Å²) >= 11 is 3.39. The van der Waals surface area contributed by atoms with Gasteiger partial charge in [0, 0.05) is 24.1 Å². The number of aryl methyl sites for hydroxylation is 1. The Morgan fingerprint density at radius 2 is 2.06 bits per heavy atom. The zero-order valence-electron chi connectivity index (χ0n) is 17.7. The molecule has 3 aromatic heterocycles. The van der Waals surface area contributed by atoms with Crippen LogP contribution in [0.15, 0.2) is 47.2 Å². The van der Waals surface area contributed by atoms with Gasteiger partial charge in [0.05, 0.1) is 35.4 Å². The zero-order valence-corrected chi connectivity index (χ0v) is 19.3. The molecule has 0 aliphatic carbocycles. The van der Waals surface area contributed by atoms with Gasteiger partial charge in [-0.3, -0.25) is 9.48 Å². The molecule has 0 aliphatic heterocycles. The second kappa shape index (κ2) is 8.87. The van der Waals surface area contributed by atoms with Gasteiger partial charge in [0.1, 0.15) is 12.1 Å². The minimum absolute atomic E-state index is 0.197. The number of nitrogens with two attached hydrogens (primary N) is 1. The third kappa shape index (κ3) is 4.37. The Bertz CT molecular complexity index is 1270. The van der Waals surface area contributed by atoms with Crippen molar-refractivity contribution in [3.63, 3.8) is 0 Å². The van der Waals surface area contributed by atoms with Gasteiger partial charge in [-0.1, -0.05) is 0 Å². The zero-order chi connectivity index (χ0) is 22.8. The van der Waals surface area contributed by atoms with E-state index in [1.165, 1.54) is 7.11 Å². The van der Waals surface area contributed by atoms with Crippen LogP contribution in [0.5, 0.6) is 5.88 Å². The Kier molecular flexibility index (Phi) is 5.99. The number of hydrogen-bond donors (Lipinski definition) is 1. The molecule has 0 saturated carbocycles. The summed E-state index contributed by atoms with van der Waals surface area (Å²) in [5, 5.41) is 13.3. The van der Waals surface area contributed by atoms with Gasteiger partial charge in [-0.2, -0.15) is 10.2 Å². The van der Waals surface area contributed by atoms with Gasteiger partial charge in [-0.05, 0) is 53.2 Å². The Balaban J connectivity index is 1.71. The highest BCUT2D eigenvalue weighted by atomic mass is 79.9. The molecule has 0 bridgehead atoms. The molecule has 1 atom stereocenters. The Hall–Kier alpha value is -3.60. The topological polar surface area (TPSA) is 125 Å². The molecule has 1 unspecified atom stereocenters. The molecule has 0 aliphatic rings. The molecule has 4 aromatic rings. The van der Waals surface area contributed by atoms with Crippen molar-refractivity contribution in [2.75, 3.05) is 12.8 Å². The highest BCUT2D eigenvalue weighted by Gasteiger charge is 2.26. The number of aromatic nitrogens is 6. The SMILES string of the molecule is COc1ccc(CN(C(=O)c2ccc3nc(N)c(Br)cc3c2)C(C)c2ncn(C)n2)nn1. The number of halogens is 1. The van der Waals surface area contributed by atoms with Crippen LogP contribution >= 0.6 is 15.9 Å². The lowest BCUT2D eigenvalue weighted by molar-refractivity contribution is 0.0663. The number of nitrogens with zero attached hydrogens (tertiary/aromatic N) is 7. The number of fused-ring (bicyclic) bond motifs is 1. The standard InChI is InChI=1S/C21H21BrN8O2/c1-12(20-24-11-29(2)28-20)30(10-15-5-7-18(32-3)27-26-15)21(31)13-4-6-17-14(8-13)9-16(22)19(23)25-17/h4-9,11-12H,10H2,1-3H3,(H2,23,25). The minimum atomic E-state index is -0.403. The maximum Gasteiger partial charge on any atom is 0.254 e. The van der Waals surface area contributed by atoms with Gasteiger partial charge in [0.25, 0.3) is 5.91 Å². The van der Waals surface area contributed by atoms with E-state index < -0.39 is 6.04 Å². The van der Waals surface area contributed by atoms with Crippen LogP contribution in [0.4, 0.5) is 5.82 Å². The quantitative estimate of drug-likeness (QED) is 0.431. The van der Waals surface area contributed by atoms with E-state index in [4.69, 9.17) is 10.5 Å². The van der Waals surface area contributed by atoms with Gasteiger partial charge < -0.3 is 15.4 Å². The fourth-order valence-electron chi connectivity index (χ4n) is 3.25. The summed E-state index contributed by atoms with van der Waals surface area (Å²) in [7, 11) is 3.30. The van der Waals surface area contributed by atoms with Gasteiger partial charge in [-0.25, -0.2) is 9.97 Å². The third-order valence-electron chi connectivity index (χ3n) is 5.00. The number of ether oxygens (including phenoxy) is 1. The Morgan fingerprint density at radius 1 is 1.25 bits per heavy atom. The van der Waals surface area contributed by atoms with E-state index in [9.17, 15) is 4.79 Å². The van der Waals surface area contributed by atoms with Gasteiger partial charge >= 0.3 is 0 Å². The van der Waals surface area contributed by atoms with Crippen molar-refractivity contribution in [3.05, 3.63) is 64.3 Å². The van der Waals surface area contributed by atoms with Crippen molar-refractivity contribution in [1.29, 1.82) is 0 Å². The van der Waals surface area contributed by atoms with Crippen LogP contribution in [0.2, 0.25) is 0 Å². The summed E-state index contributed by atoms with van der Waals surface area (Å²) < 4.78 is 7.35. The van der Waals surface area contributed by atoms with Crippen molar-refractivity contribution in [2.45, 2.75) is 19.5 Å². The number of nitrogen functional groups attached to an aromatic ring is 1. The normalized spacial score (nSPS) is 12.0. The summed E-state index contributed by atoms with van der Waals surface area (Å²) in [6, 6.07) is 10.2. The van der Waals surface area contributed by atoms with Gasteiger partial charge in [0.2, 0.25) is 5.88 Å². The number of pyridine rings is 1. The maximum atomic E-state index is 13.6. The number of benzene rings is 1. The summed E-state index contributed by atoms with van der Waals surface area (Å²) in [6.45, 7) is 2.10. The highest BCUT2D eigenvalue weighted by Crippen LogP contribution is 2.26. The monoisotopic (exact) mass is 496 g/mol. The summed E-state index contributed by atoms with van der Waals surface area (Å²) in [5.41, 5.74) is 7.69. The fourth-order valence-corrected chi connectivity index (χ4v) is 3.59. The molecule has 0 saturated heterocycles. The lowest BCUT2D eigenvalue weighted by Crippen LogP contribution is -2.34. The average Bonchev–Trinajstić information content (AvgIpc) is 3.23. The number of carbonyl (C=O) groups excluding carboxylic acids is 1. The van der Waals surface area contributed by atoms with Crippen LogP contribution in [0, 0.1) is 0 Å². The van der Waals surface area contributed by atoms with Gasteiger partial charge in [0.15, 0.2) is 5.82 Å². The van der Waals surface area contributed by atoms with E-state index in [1.807, 2.05) is 13.0 Å². The van der Waals surface area contributed by atoms with E-state index in [-0.39, 0.29) is 12.5 Å². The summed E-state index contributed by atoms with van der Waals surface area (Å²) in [4.78, 5) is 24.0. The van der Waals surface area contributed by atoms with Crippen LogP contribution < -0.4 is 10.5 Å². The maximum absolute atomic E-state index is 13.6. The lowest BCUT2D eigenvalue weighted by atomic mass is 10.1. The van der Waals surface area contributed by atoms with Crippen molar-refractivity contribution < 1.29 is 9.53 Å². The molecule has 4 rings (SSSR count). The predicted octanol–water partition coefficient (Wildman–Crippen LogP) is 2.91. The molecule has 2 N–H and O–H groups in total. The summed E-state index contributed by atoms with van der Waals surface area (Å²) in [6.07, 6.45) is 1.60. The highest BCUT2D eigenvalue weighted by molar-refractivity contribution is 9.10. The molecule has 0 spiro atoms. The largest absolute Gasteiger partial charge is 0.480 e. The number of anilines is 1. The van der Waals surface area contributed by atoms with Crippen LogP contribution in [0.25, 0.3) is 10.9 Å². The Labute approximate surface area is 192 Å². The molecule has 10 nitrogen and oxygen atoms in total. The van der Waals surface area contributed by atoms with E-state index in [2.05, 4.69) is 41.2 Å². The van der Waals surface area contributed by atoms with Gasteiger partial charge in [-0.15, -0.1) is 5.10 Å². The lowest BCUT2D eigenvalue weighted by Gasteiger charge is -2.27. The summed E-state index contributed by atoms with van der Waals surface area (Å²) in [5.74, 6) is 1.13. The second-order valence-electron chi connectivity index (χ2n) is 7.22. The fraction of sp³-hybridized carbons (Fsp3) is 0.238. The van der Waals surface area contributed by atoms with Crippen LogP contribution in [-0.4, -0.2) is 47.9 Å². The van der Waals surface area contributed by atoms with Crippen molar-refractivity contribution in [3.8, 4) is 5.88 Å². The predicted molar refractivity (Wildman–Crippen MR) is 122 cm³/mol. The average molecular weight is 497 g/mol. The van der Waals surface area contributed by atoms with Crippen molar-refractivity contribution >= 4 is 38.6 Å². The van der Waals surface area contributed by atoms with E-state index in [0.29, 0.717) is 38.8 Å². The van der Waals surface area contributed by atoms with E-state index >= 15 is 0 Å². The molecule has 164 valence electrons. The minimum Gasteiger partial charge on any atom is -0.480 e. The molecule has 0 fully saturated rings. The van der Waals surface area contributed by atoms with Crippen LogP contribution in [-0.2, 0) is 13.6 Å². The van der Waals surface area contributed by atoms with Crippen LogP contribution in [0.3, 0.4) is 0 Å². The molecular formula is C21H21BrN8O2. The first kappa shape index (κ1) is 21.6. The smallest absolute Gasteiger partial charge is 0.254 e. The van der Waals surface area contributed by atoms with E-state index in [1.54, 1.807) is 53.3 Å². The number of amides is 1. The number of hydrogen-bond acceptors (Lipinski definition) is 8. The molecule has 3 heterocycles. The molecule has 11 heteroatoms. The van der Waals surface area contributed by atoms with E-state index in [0.717, 1.165) is 5.39 Å². The molecule has 0 radical (unpaired) electrons. The number of methoxy groups -OCH3 is 1. The number of carbonyl (C=O) groups is 1. The first-order valence-electron chi connectivity index (χ1n) is 9.74. The molecular weight excluding hydrogens is 476 g/mol. The first-order valence-corrected chi connectivity index (χ1v) is 10.5. The molecule has 1 amide bonds. The van der Waals surface area contributed by atoms with Crippen LogP contribution in [0.1, 0.15) is 34.8 Å². The molecule has 32 heavy (non-hydrogen) atoms. The second-order valence-corrected chi connectivity index (χ2v) is 8.07.